The van der Waals surface area contributed by atoms with E-state index < -0.39 is 11.6 Å². The Morgan fingerprint density at radius 1 is 1.40 bits per heavy atom. The van der Waals surface area contributed by atoms with Gasteiger partial charge in [0, 0.05) is 24.7 Å². The molecule has 1 unspecified atom stereocenters. The Bertz CT molecular complexity index is 638. The van der Waals surface area contributed by atoms with Crippen LogP contribution in [0.2, 0.25) is 0 Å². The molecule has 1 atom stereocenters. The van der Waals surface area contributed by atoms with E-state index in [0.717, 1.165) is 38.5 Å². The number of fused-ring (bicyclic) bond motifs is 1. The normalized spacial score (nSPS) is 20.6. The molecule has 0 saturated carbocycles. The second-order valence-corrected chi connectivity index (χ2v) is 5.28. The quantitative estimate of drug-likeness (QED) is 0.919. The van der Waals surface area contributed by atoms with Crippen molar-refractivity contribution in [2.24, 2.45) is 0 Å². The van der Waals surface area contributed by atoms with E-state index in [9.17, 15) is 8.78 Å². The van der Waals surface area contributed by atoms with Gasteiger partial charge < -0.3 is 15.2 Å². The summed E-state index contributed by atoms with van der Waals surface area (Å²) in [4.78, 5) is 6.37. The number of rotatable bonds is 2. The average molecular weight is 280 g/mol. The number of nitrogens with two attached hydrogens (primary N) is 1. The summed E-state index contributed by atoms with van der Waals surface area (Å²) in [5, 5.41) is 0. The number of hydrogen-bond donors (Lipinski definition) is 1. The number of halogens is 2. The molecule has 1 aromatic carbocycles. The molecule has 1 saturated heterocycles. The molecule has 6 heteroatoms. The van der Waals surface area contributed by atoms with Crippen molar-refractivity contribution in [1.29, 1.82) is 0 Å². The second kappa shape index (κ2) is 5.01. The van der Waals surface area contributed by atoms with Gasteiger partial charge >= 0.3 is 0 Å². The highest BCUT2D eigenvalue weighted by molar-refractivity contribution is 5.79. The van der Waals surface area contributed by atoms with Crippen molar-refractivity contribution in [1.82, 2.24) is 14.5 Å². The van der Waals surface area contributed by atoms with Crippen molar-refractivity contribution in [2.75, 3.05) is 25.4 Å². The highest BCUT2D eigenvalue weighted by Gasteiger charge is 2.25. The molecule has 2 N–H and O–H groups in total. The number of imidazole rings is 1. The van der Waals surface area contributed by atoms with Crippen molar-refractivity contribution in [3.05, 3.63) is 23.8 Å². The summed E-state index contributed by atoms with van der Waals surface area (Å²) in [7, 11) is 0. The first kappa shape index (κ1) is 13.3. The van der Waals surface area contributed by atoms with Crippen LogP contribution in [-0.4, -0.2) is 34.1 Å². The van der Waals surface area contributed by atoms with Gasteiger partial charge in [-0.2, -0.15) is 0 Å². The summed E-state index contributed by atoms with van der Waals surface area (Å²) in [5.41, 5.74) is 6.53. The molecular formula is C14H18F2N4. The second-order valence-electron chi connectivity index (χ2n) is 5.28. The van der Waals surface area contributed by atoms with Gasteiger partial charge in [0.05, 0.1) is 5.52 Å². The Kier molecular flexibility index (Phi) is 3.33. The summed E-state index contributed by atoms with van der Waals surface area (Å²) >= 11 is 0. The third-order valence-electron chi connectivity index (χ3n) is 4.03. The van der Waals surface area contributed by atoms with Gasteiger partial charge in [0.25, 0.3) is 0 Å². The number of aromatic nitrogens is 2. The topological polar surface area (TPSA) is 47.1 Å². The summed E-state index contributed by atoms with van der Waals surface area (Å²) < 4.78 is 29.0. The monoisotopic (exact) mass is 280 g/mol. The van der Waals surface area contributed by atoms with Crippen molar-refractivity contribution in [3.63, 3.8) is 0 Å². The lowest BCUT2D eigenvalue weighted by atomic mass is 10.1. The number of likely N-dealkylation sites (tertiary alicyclic amines) is 1. The molecule has 0 radical (unpaired) electrons. The standard InChI is InChI=1S/C14H18F2N4/c1-2-19-5-3-4-10(8-19)20-12-7-9(15)6-11(16)13(12)18-14(20)17/h6-7,10H,2-5,8H2,1H3,(H2,17,18). The maximum absolute atomic E-state index is 13.8. The SMILES string of the molecule is CCN1CCCC(n2c(N)nc3c(F)cc(F)cc32)C1. The molecule has 0 bridgehead atoms. The van der Waals surface area contributed by atoms with Gasteiger partial charge in [0.2, 0.25) is 5.95 Å². The van der Waals surface area contributed by atoms with Gasteiger partial charge in [0.1, 0.15) is 11.3 Å². The van der Waals surface area contributed by atoms with E-state index in [1.165, 1.54) is 6.07 Å². The third kappa shape index (κ3) is 2.14. The van der Waals surface area contributed by atoms with Gasteiger partial charge in [-0.15, -0.1) is 0 Å². The van der Waals surface area contributed by atoms with Crippen molar-refractivity contribution in [3.8, 4) is 0 Å². The van der Waals surface area contributed by atoms with E-state index in [1.807, 2.05) is 0 Å². The van der Waals surface area contributed by atoms with Crippen LogP contribution in [0, 0.1) is 11.6 Å². The van der Waals surface area contributed by atoms with Crippen LogP contribution in [0.5, 0.6) is 0 Å². The van der Waals surface area contributed by atoms with Crippen LogP contribution in [0.3, 0.4) is 0 Å². The van der Waals surface area contributed by atoms with Crippen LogP contribution in [0.15, 0.2) is 12.1 Å². The smallest absolute Gasteiger partial charge is 0.201 e. The molecule has 1 aliphatic rings. The molecule has 108 valence electrons. The summed E-state index contributed by atoms with van der Waals surface area (Å²) in [6.45, 7) is 4.97. The lowest BCUT2D eigenvalue weighted by molar-refractivity contribution is 0.188. The number of piperidine rings is 1. The highest BCUT2D eigenvalue weighted by atomic mass is 19.1. The van der Waals surface area contributed by atoms with Crippen molar-refractivity contribution < 1.29 is 8.78 Å². The van der Waals surface area contributed by atoms with Crippen LogP contribution in [0.1, 0.15) is 25.8 Å². The Hall–Kier alpha value is -1.69. The van der Waals surface area contributed by atoms with Crippen LogP contribution < -0.4 is 5.73 Å². The molecule has 0 aliphatic carbocycles. The summed E-state index contributed by atoms with van der Waals surface area (Å²) in [6, 6.07) is 2.28. The summed E-state index contributed by atoms with van der Waals surface area (Å²) in [6.07, 6.45) is 2.00. The van der Waals surface area contributed by atoms with Gasteiger partial charge in [-0.1, -0.05) is 6.92 Å². The molecule has 4 nitrogen and oxygen atoms in total. The molecule has 1 aromatic heterocycles. The van der Waals surface area contributed by atoms with Crippen LogP contribution >= 0.6 is 0 Å². The summed E-state index contributed by atoms with van der Waals surface area (Å²) in [5.74, 6) is -1.000. The minimum absolute atomic E-state index is 0.120. The Morgan fingerprint density at radius 2 is 2.20 bits per heavy atom. The average Bonchev–Trinajstić information content (AvgIpc) is 2.75. The van der Waals surface area contributed by atoms with Gasteiger partial charge in [-0.05, 0) is 25.9 Å². The number of likely N-dealkylation sites (N-methyl/N-ethyl adjacent to an activating group) is 1. The molecular weight excluding hydrogens is 262 g/mol. The zero-order valence-corrected chi connectivity index (χ0v) is 11.4. The highest BCUT2D eigenvalue weighted by Crippen LogP contribution is 2.30. The minimum atomic E-state index is -0.659. The zero-order chi connectivity index (χ0) is 14.3. The molecule has 2 heterocycles. The lowest BCUT2D eigenvalue weighted by Crippen LogP contribution is -2.36. The fourth-order valence-electron chi connectivity index (χ4n) is 3.05. The first-order valence-electron chi connectivity index (χ1n) is 6.95. The molecule has 3 rings (SSSR count). The molecule has 20 heavy (non-hydrogen) atoms. The van der Waals surface area contributed by atoms with E-state index in [-0.39, 0.29) is 17.5 Å². The Balaban J connectivity index is 2.08. The van der Waals surface area contributed by atoms with Crippen molar-refractivity contribution >= 4 is 17.0 Å². The number of nitrogens with zero attached hydrogens (tertiary/aromatic N) is 3. The largest absolute Gasteiger partial charge is 0.369 e. The van der Waals surface area contributed by atoms with Crippen LogP contribution in [0.25, 0.3) is 11.0 Å². The zero-order valence-electron chi connectivity index (χ0n) is 11.4. The van der Waals surface area contributed by atoms with E-state index in [2.05, 4.69) is 16.8 Å². The Morgan fingerprint density at radius 3 is 2.95 bits per heavy atom. The predicted molar refractivity (Wildman–Crippen MR) is 74.4 cm³/mol. The van der Waals surface area contributed by atoms with E-state index in [1.54, 1.807) is 4.57 Å². The number of nitrogen functional groups attached to an aromatic ring is 1. The molecule has 0 amide bonds. The Labute approximate surface area is 116 Å². The number of benzene rings is 1. The lowest BCUT2D eigenvalue weighted by Gasteiger charge is -2.33. The molecule has 2 aromatic rings. The fraction of sp³-hybridized carbons (Fsp3) is 0.500. The minimum Gasteiger partial charge on any atom is -0.369 e. The van der Waals surface area contributed by atoms with E-state index >= 15 is 0 Å². The van der Waals surface area contributed by atoms with Gasteiger partial charge in [0.15, 0.2) is 5.82 Å². The van der Waals surface area contributed by atoms with E-state index in [4.69, 9.17) is 5.73 Å². The van der Waals surface area contributed by atoms with Crippen LogP contribution in [-0.2, 0) is 0 Å². The molecule has 0 spiro atoms. The first-order chi connectivity index (χ1) is 9.60. The fourth-order valence-corrected chi connectivity index (χ4v) is 3.05. The van der Waals surface area contributed by atoms with Crippen LogP contribution in [0.4, 0.5) is 14.7 Å². The molecule has 1 aliphatic heterocycles. The number of hydrogen-bond acceptors (Lipinski definition) is 3. The maximum atomic E-state index is 13.8. The van der Waals surface area contributed by atoms with E-state index in [0.29, 0.717) is 5.52 Å². The third-order valence-corrected chi connectivity index (χ3v) is 4.03. The first-order valence-corrected chi connectivity index (χ1v) is 6.95. The molecule has 1 fully saturated rings. The van der Waals surface area contributed by atoms with Gasteiger partial charge in [-0.25, -0.2) is 13.8 Å². The predicted octanol–water partition coefficient (Wildman–Crippen LogP) is 2.55. The van der Waals surface area contributed by atoms with Gasteiger partial charge in [-0.3, -0.25) is 0 Å². The number of anilines is 1. The van der Waals surface area contributed by atoms with Crippen molar-refractivity contribution in [2.45, 2.75) is 25.8 Å². The maximum Gasteiger partial charge on any atom is 0.201 e.